The van der Waals surface area contributed by atoms with Crippen LogP contribution in [0.4, 0.5) is 0 Å². The summed E-state index contributed by atoms with van der Waals surface area (Å²) < 4.78 is 0.441. The Labute approximate surface area is 99.4 Å². The van der Waals surface area contributed by atoms with Gasteiger partial charge >= 0.3 is 0 Å². The van der Waals surface area contributed by atoms with Gasteiger partial charge in [0.15, 0.2) is 5.78 Å². The van der Waals surface area contributed by atoms with Gasteiger partial charge in [0, 0.05) is 5.56 Å². The van der Waals surface area contributed by atoms with E-state index in [0.717, 1.165) is 0 Å². The summed E-state index contributed by atoms with van der Waals surface area (Å²) >= 11 is 7.20. The highest BCUT2D eigenvalue weighted by atomic mass is 127. The van der Waals surface area contributed by atoms with Crippen molar-refractivity contribution in [2.75, 3.05) is 5.88 Å². The molecule has 1 aromatic rings. The molecule has 0 fully saturated rings. The molecule has 3 nitrogen and oxygen atoms in total. The number of aromatic hydroxyl groups is 1. The third kappa shape index (κ3) is 2.16. The molecule has 72 valence electrons. The highest BCUT2D eigenvalue weighted by Gasteiger charge is 2.11. The van der Waals surface area contributed by atoms with Gasteiger partial charge in [-0.15, -0.1) is 11.6 Å². The van der Waals surface area contributed by atoms with Gasteiger partial charge in [0.1, 0.15) is 11.8 Å². The molecule has 0 saturated heterocycles. The van der Waals surface area contributed by atoms with Gasteiger partial charge in [0.25, 0.3) is 0 Å². The van der Waals surface area contributed by atoms with Crippen LogP contribution in [0, 0.1) is 14.9 Å². The summed E-state index contributed by atoms with van der Waals surface area (Å²) in [5.41, 5.74) is 0.536. The van der Waals surface area contributed by atoms with Crippen molar-refractivity contribution in [1.29, 1.82) is 5.26 Å². The van der Waals surface area contributed by atoms with Gasteiger partial charge in [-0.2, -0.15) is 5.26 Å². The molecule has 14 heavy (non-hydrogen) atoms. The van der Waals surface area contributed by atoms with Crippen LogP contribution in [-0.2, 0) is 0 Å². The predicted octanol–water partition coefficient (Wildman–Crippen LogP) is 2.29. The van der Waals surface area contributed by atoms with Crippen molar-refractivity contribution in [3.8, 4) is 11.8 Å². The second-order valence-corrected chi connectivity index (χ2v) is 3.87. The zero-order valence-electron chi connectivity index (χ0n) is 6.92. The maximum Gasteiger partial charge on any atom is 0.177 e. The number of carbonyl (C=O) groups excluding carboxylic acids is 1. The van der Waals surface area contributed by atoms with Crippen molar-refractivity contribution >= 4 is 40.0 Å². The highest BCUT2D eigenvalue weighted by molar-refractivity contribution is 14.1. The maximum atomic E-state index is 11.2. The minimum absolute atomic E-state index is 0.0712. The van der Waals surface area contributed by atoms with Gasteiger partial charge in [-0.3, -0.25) is 4.79 Å². The lowest BCUT2D eigenvalue weighted by Gasteiger charge is -2.02. The normalized spacial score (nSPS) is 9.50. The summed E-state index contributed by atoms with van der Waals surface area (Å²) in [6, 6.07) is 4.63. The van der Waals surface area contributed by atoms with Crippen molar-refractivity contribution < 1.29 is 9.90 Å². The molecule has 1 N–H and O–H groups in total. The Bertz CT molecular complexity index is 426. The van der Waals surface area contributed by atoms with Crippen LogP contribution in [0.2, 0.25) is 0 Å². The standard InChI is InChI=1S/C9H5ClINO2/c10-3-8(14)5-1-6(4-12)9(11)7(13)2-5/h1-2,13H,3H2. The number of halogens is 2. The van der Waals surface area contributed by atoms with E-state index in [9.17, 15) is 9.90 Å². The number of hydrogen-bond donors (Lipinski definition) is 1. The minimum atomic E-state index is -0.310. The van der Waals surface area contributed by atoms with Gasteiger partial charge in [0.2, 0.25) is 0 Å². The van der Waals surface area contributed by atoms with Crippen molar-refractivity contribution in [3.63, 3.8) is 0 Å². The summed E-state index contributed by atoms with van der Waals surface area (Å²) in [7, 11) is 0. The molecule has 0 radical (unpaired) electrons. The van der Waals surface area contributed by atoms with Crippen LogP contribution in [0.25, 0.3) is 0 Å². The molecule has 0 amide bonds. The highest BCUT2D eigenvalue weighted by Crippen LogP contribution is 2.25. The van der Waals surface area contributed by atoms with Crippen LogP contribution in [0.1, 0.15) is 15.9 Å². The molecule has 1 rings (SSSR count). The smallest absolute Gasteiger partial charge is 0.177 e. The Hall–Kier alpha value is -0.800. The topological polar surface area (TPSA) is 61.1 Å². The molecule has 0 aliphatic rings. The first-order chi connectivity index (χ1) is 6.60. The van der Waals surface area contributed by atoms with E-state index in [0.29, 0.717) is 3.57 Å². The Morgan fingerprint density at radius 2 is 2.29 bits per heavy atom. The number of carbonyl (C=O) groups is 1. The van der Waals surface area contributed by atoms with Gasteiger partial charge in [-0.1, -0.05) is 0 Å². The van der Waals surface area contributed by atoms with E-state index in [1.54, 1.807) is 0 Å². The van der Waals surface area contributed by atoms with Gasteiger partial charge in [0.05, 0.1) is 15.0 Å². The molecule has 0 atom stereocenters. The first-order valence-electron chi connectivity index (χ1n) is 3.62. The van der Waals surface area contributed by atoms with Crippen LogP contribution in [-0.4, -0.2) is 16.8 Å². The van der Waals surface area contributed by atoms with Gasteiger partial charge < -0.3 is 5.11 Å². The molecule has 0 spiro atoms. The van der Waals surface area contributed by atoms with Crippen LogP contribution >= 0.6 is 34.2 Å². The third-order valence-electron chi connectivity index (χ3n) is 1.62. The van der Waals surface area contributed by atoms with Crippen LogP contribution in [0.3, 0.4) is 0 Å². The molecule has 0 unspecified atom stereocenters. The van der Waals surface area contributed by atoms with Gasteiger partial charge in [-0.05, 0) is 34.7 Å². The largest absolute Gasteiger partial charge is 0.507 e. The number of nitriles is 1. The van der Waals surface area contributed by atoms with Crippen LogP contribution < -0.4 is 0 Å². The fourth-order valence-corrected chi connectivity index (χ4v) is 1.51. The van der Waals surface area contributed by atoms with Gasteiger partial charge in [-0.25, -0.2) is 0 Å². The summed E-state index contributed by atoms with van der Waals surface area (Å²) in [4.78, 5) is 11.2. The van der Waals surface area contributed by atoms with Crippen molar-refractivity contribution in [1.82, 2.24) is 0 Å². The molecule has 1 aromatic carbocycles. The van der Waals surface area contributed by atoms with E-state index in [2.05, 4.69) is 0 Å². The molecule has 0 aliphatic heterocycles. The molecule has 0 saturated carbocycles. The van der Waals surface area contributed by atoms with Crippen molar-refractivity contribution in [2.45, 2.75) is 0 Å². The third-order valence-corrected chi connectivity index (χ3v) is 2.99. The lowest BCUT2D eigenvalue weighted by molar-refractivity contribution is 0.102. The fraction of sp³-hybridized carbons (Fsp3) is 0.111. The average Bonchev–Trinajstić information content (AvgIpc) is 2.20. The van der Waals surface area contributed by atoms with Crippen molar-refractivity contribution in [2.24, 2.45) is 0 Å². The van der Waals surface area contributed by atoms with E-state index >= 15 is 0 Å². The monoisotopic (exact) mass is 321 g/mol. The number of Topliss-reactive ketones (excluding diaryl/α,β-unsaturated/α-hetero) is 1. The molecular weight excluding hydrogens is 316 g/mol. The molecule has 0 bridgehead atoms. The lowest BCUT2D eigenvalue weighted by Crippen LogP contribution is -2.01. The second-order valence-electron chi connectivity index (χ2n) is 2.53. The van der Waals surface area contributed by atoms with Crippen molar-refractivity contribution in [3.05, 3.63) is 26.8 Å². The molecule has 0 aliphatic carbocycles. The zero-order chi connectivity index (χ0) is 10.7. The Morgan fingerprint density at radius 3 is 2.79 bits per heavy atom. The Kier molecular flexibility index (Phi) is 3.72. The number of ketones is 1. The number of rotatable bonds is 2. The number of benzene rings is 1. The quantitative estimate of drug-likeness (QED) is 0.516. The zero-order valence-corrected chi connectivity index (χ0v) is 9.83. The van der Waals surface area contributed by atoms with E-state index < -0.39 is 0 Å². The van der Waals surface area contributed by atoms with E-state index in [-0.39, 0.29) is 28.5 Å². The number of alkyl halides is 1. The van der Waals surface area contributed by atoms with Crippen LogP contribution in [0.15, 0.2) is 12.1 Å². The SMILES string of the molecule is N#Cc1cc(C(=O)CCl)cc(O)c1I. The Morgan fingerprint density at radius 1 is 1.64 bits per heavy atom. The Balaban J connectivity index is 3.32. The number of hydrogen-bond acceptors (Lipinski definition) is 3. The number of nitrogens with zero attached hydrogens (tertiary/aromatic N) is 1. The second kappa shape index (κ2) is 4.62. The summed E-state index contributed by atoms with van der Waals surface area (Å²) in [5, 5.41) is 18.1. The van der Waals surface area contributed by atoms with E-state index in [4.69, 9.17) is 16.9 Å². The molecule has 0 heterocycles. The molecule has 5 heteroatoms. The van der Waals surface area contributed by atoms with E-state index in [1.165, 1.54) is 12.1 Å². The summed E-state index contributed by atoms with van der Waals surface area (Å²) in [6.07, 6.45) is 0. The summed E-state index contributed by atoms with van der Waals surface area (Å²) in [6.45, 7) is 0. The number of phenols is 1. The maximum absolute atomic E-state index is 11.2. The molecule has 0 aromatic heterocycles. The first-order valence-corrected chi connectivity index (χ1v) is 5.23. The predicted molar refractivity (Wildman–Crippen MR) is 60.6 cm³/mol. The minimum Gasteiger partial charge on any atom is -0.507 e. The van der Waals surface area contributed by atoms with Crippen LogP contribution in [0.5, 0.6) is 5.75 Å². The average molecular weight is 322 g/mol. The first kappa shape index (κ1) is 11.3. The summed E-state index contributed by atoms with van der Waals surface area (Å²) in [5.74, 6) is -0.543. The molecular formula is C9H5ClINO2. The van der Waals surface area contributed by atoms with E-state index in [1.807, 2.05) is 28.7 Å². The lowest BCUT2D eigenvalue weighted by atomic mass is 10.1. The fourth-order valence-electron chi connectivity index (χ4n) is 0.929. The number of phenolic OH excluding ortho intramolecular Hbond substituents is 1.